The molecule has 4 unspecified atom stereocenters. The van der Waals surface area contributed by atoms with Crippen molar-refractivity contribution in [2.45, 2.75) is 38.2 Å². The average Bonchev–Trinajstić information content (AvgIpc) is 2.49. The van der Waals surface area contributed by atoms with Gasteiger partial charge < -0.3 is 15.0 Å². The van der Waals surface area contributed by atoms with Crippen LogP contribution in [0.25, 0.3) is 0 Å². The Morgan fingerprint density at radius 3 is 2.85 bits per heavy atom. The third kappa shape index (κ3) is 0.725. The number of carbonyl (C=O) groups is 1. The van der Waals surface area contributed by atoms with Gasteiger partial charge in [0.15, 0.2) is 0 Å². The monoisotopic (exact) mass is 181 g/mol. The van der Waals surface area contributed by atoms with E-state index in [1.54, 1.807) is 0 Å². The summed E-state index contributed by atoms with van der Waals surface area (Å²) in [7, 11) is 0. The van der Waals surface area contributed by atoms with Gasteiger partial charge in [-0.3, -0.25) is 0 Å². The van der Waals surface area contributed by atoms with E-state index in [-0.39, 0.29) is 11.5 Å². The van der Waals surface area contributed by atoms with Gasteiger partial charge in [-0.2, -0.15) is 0 Å². The fraction of sp³-hybridized carbons (Fsp3) is 0.900. The number of aliphatic hydroxyl groups excluding tert-OH is 1. The number of aliphatic hydroxyl groups is 1. The van der Waals surface area contributed by atoms with Crippen molar-refractivity contribution in [2.24, 2.45) is 16.7 Å². The fourth-order valence-corrected chi connectivity index (χ4v) is 4.02. The molecular weight excluding hydrogens is 168 g/mol. The highest BCUT2D eigenvalue weighted by molar-refractivity contribution is 5.79. The van der Waals surface area contributed by atoms with Crippen LogP contribution in [-0.2, 0) is 4.79 Å². The molecule has 0 aliphatic heterocycles. The van der Waals surface area contributed by atoms with Crippen molar-refractivity contribution < 1.29 is 15.0 Å². The SMILES string of the molecule is O=C([O-])C12CC3CC(O)CC1(C3)C2. The highest BCUT2D eigenvalue weighted by Gasteiger charge is 2.74. The van der Waals surface area contributed by atoms with Crippen LogP contribution in [0.3, 0.4) is 0 Å². The number of hydrogen-bond acceptors (Lipinski definition) is 3. The molecule has 1 N–H and O–H groups in total. The molecular formula is C10H13O3-. The van der Waals surface area contributed by atoms with Crippen LogP contribution in [0.4, 0.5) is 0 Å². The highest BCUT2D eigenvalue weighted by atomic mass is 16.4. The lowest BCUT2D eigenvalue weighted by Gasteiger charge is -2.27. The van der Waals surface area contributed by atoms with E-state index in [9.17, 15) is 15.0 Å². The number of hydrogen-bond donors (Lipinski definition) is 1. The van der Waals surface area contributed by atoms with Crippen LogP contribution in [0.2, 0.25) is 0 Å². The van der Waals surface area contributed by atoms with Crippen LogP contribution in [0.5, 0.6) is 0 Å². The molecule has 3 aliphatic carbocycles. The molecule has 0 aromatic heterocycles. The molecule has 0 amide bonds. The zero-order chi connectivity index (χ0) is 9.27. The minimum absolute atomic E-state index is 0.0613. The first-order valence-corrected chi connectivity index (χ1v) is 4.98. The molecule has 13 heavy (non-hydrogen) atoms. The summed E-state index contributed by atoms with van der Waals surface area (Å²) in [6.07, 6.45) is 3.76. The normalized spacial score (nSPS) is 57.3. The summed E-state index contributed by atoms with van der Waals surface area (Å²) in [5.41, 5.74) is -0.594. The minimum atomic E-state index is -0.871. The molecule has 3 aliphatic rings. The summed E-state index contributed by atoms with van der Waals surface area (Å²) >= 11 is 0. The van der Waals surface area contributed by atoms with Crippen LogP contribution < -0.4 is 5.11 Å². The Labute approximate surface area is 76.8 Å². The van der Waals surface area contributed by atoms with Crippen molar-refractivity contribution in [1.82, 2.24) is 0 Å². The topological polar surface area (TPSA) is 60.4 Å². The lowest BCUT2D eigenvalue weighted by atomic mass is 9.81. The summed E-state index contributed by atoms with van der Waals surface area (Å²) in [5, 5.41) is 20.6. The predicted octanol–water partition coefficient (Wildman–Crippen LogP) is -0.323. The zero-order valence-electron chi connectivity index (χ0n) is 7.45. The molecule has 3 fully saturated rings. The molecule has 0 aromatic rings. The Morgan fingerprint density at radius 2 is 2.15 bits per heavy atom. The van der Waals surface area contributed by atoms with E-state index in [0.29, 0.717) is 12.3 Å². The first kappa shape index (κ1) is 7.80. The molecule has 0 saturated heterocycles. The van der Waals surface area contributed by atoms with Gasteiger partial charge in [0.25, 0.3) is 0 Å². The predicted molar refractivity (Wildman–Crippen MR) is 42.5 cm³/mol. The molecule has 2 bridgehead atoms. The Morgan fingerprint density at radius 1 is 1.38 bits per heavy atom. The van der Waals surface area contributed by atoms with Crippen molar-refractivity contribution in [2.75, 3.05) is 0 Å². The Bertz CT molecular complexity index is 288. The van der Waals surface area contributed by atoms with Crippen LogP contribution in [0.15, 0.2) is 0 Å². The van der Waals surface area contributed by atoms with E-state index >= 15 is 0 Å². The molecule has 0 radical (unpaired) electrons. The maximum absolute atomic E-state index is 11.0. The maximum atomic E-state index is 11.0. The third-order valence-corrected chi connectivity index (χ3v) is 4.47. The van der Waals surface area contributed by atoms with E-state index in [0.717, 1.165) is 25.7 Å². The number of fused-ring (bicyclic) bond motifs is 1. The zero-order valence-corrected chi connectivity index (χ0v) is 7.45. The second kappa shape index (κ2) is 1.92. The lowest BCUT2D eigenvalue weighted by Crippen LogP contribution is -2.34. The van der Waals surface area contributed by atoms with Crippen molar-refractivity contribution in [3.05, 3.63) is 0 Å². The maximum Gasteiger partial charge on any atom is 0.0548 e. The summed E-state index contributed by atoms with van der Waals surface area (Å²) in [6.45, 7) is 0. The number of carboxylic acid groups (broad SMARTS) is 1. The first-order chi connectivity index (χ1) is 6.08. The molecule has 3 heteroatoms. The second-order valence-corrected chi connectivity index (χ2v) is 5.19. The number of aliphatic carboxylic acids is 1. The van der Waals surface area contributed by atoms with E-state index in [2.05, 4.69) is 0 Å². The molecule has 3 saturated carbocycles. The third-order valence-electron chi connectivity index (χ3n) is 4.47. The first-order valence-electron chi connectivity index (χ1n) is 4.98. The van der Waals surface area contributed by atoms with E-state index in [1.807, 2.05) is 0 Å². The van der Waals surface area contributed by atoms with Gasteiger partial charge in [-0.25, -0.2) is 0 Å². The van der Waals surface area contributed by atoms with Gasteiger partial charge in [-0.15, -0.1) is 0 Å². The molecule has 3 nitrogen and oxygen atoms in total. The standard InChI is InChI=1S/C10H14O3/c11-7-1-6-2-9(4-7)5-10(9,3-6)8(12)13/h6-7,11H,1-5H2,(H,12,13)/p-1. The van der Waals surface area contributed by atoms with Crippen LogP contribution in [0, 0.1) is 16.7 Å². The van der Waals surface area contributed by atoms with Crippen LogP contribution >= 0.6 is 0 Å². The van der Waals surface area contributed by atoms with Gasteiger partial charge in [-0.05, 0) is 43.4 Å². The summed E-state index contributed by atoms with van der Waals surface area (Å²) < 4.78 is 0. The van der Waals surface area contributed by atoms with E-state index in [4.69, 9.17) is 0 Å². The largest absolute Gasteiger partial charge is 0.550 e. The second-order valence-electron chi connectivity index (χ2n) is 5.19. The van der Waals surface area contributed by atoms with Crippen molar-refractivity contribution in [1.29, 1.82) is 0 Å². The summed E-state index contributed by atoms with van der Waals surface area (Å²) in [5.74, 6) is -0.431. The summed E-state index contributed by atoms with van der Waals surface area (Å²) in [6, 6.07) is 0. The molecule has 0 aromatic carbocycles. The lowest BCUT2D eigenvalue weighted by molar-refractivity contribution is -0.315. The van der Waals surface area contributed by atoms with Crippen molar-refractivity contribution >= 4 is 5.97 Å². The number of carbonyl (C=O) groups excluding carboxylic acids is 1. The van der Waals surface area contributed by atoms with Gasteiger partial charge in [-0.1, -0.05) is 0 Å². The quantitative estimate of drug-likeness (QED) is 0.603. The molecule has 0 heterocycles. The number of rotatable bonds is 1. The number of carboxylic acids is 1. The Kier molecular flexibility index (Phi) is 1.15. The fourth-order valence-electron chi connectivity index (χ4n) is 4.02. The van der Waals surface area contributed by atoms with Gasteiger partial charge >= 0.3 is 0 Å². The molecule has 1 spiro atoms. The van der Waals surface area contributed by atoms with Crippen LogP contribution in [-0.4, -0.2) is 17.2 Å². The summed E-state index contributed by atoms with van der Waals surface area (Å²) in [4.78, 5) is 11.0. The van der Waals surface area contributed by atoms with Gasteiger partial charge in [0, 0.05) is 11.4 Å². The molecule has 3 rings (SSSR count). The van der Waals surface area contributed by atoms with E-state index < -0.39 is 11.4 Å². The molecule has 4 atom stereocenters. The average molecular weight is 181 g/mol. The molecule has 72 valence electrons. The van der Waals surface area contributed by atoms with Gasteiger partial charge in [0.1, 0.15) is 0 Å². The Hall–Kier alpha value is -0.570. The van der Waals surface area contributed by atoms with E-state index in [1.165, 1.54) is 0 Å². The Balaban J connectivity index is 1.96. The highest BCUT2D eigenvalue weighted by Crippen LogP contribution is 2.78. The van der Waals surface area contributed by atoms with Gasteiger partial charge in [0.2, 0.25) is 0 Å². The van der Waals surface area contributed by atoms with Crippen molar-refractivity contribution in [3.8, 4) is 0 Å². The van der Waals surface area contributed by atoms with Gasteiger partial charge in [0.05, 0.1) is 6.10 Å². The minimum Gasteiger partial charge on any atom is -0.550 e. The smallest absolute Gasteiger partial charge is 0.0548 e. The van der Waals surface area contributed by atoms with Crippen LogP contribution in [0.1, 0.15) is 32.1 Å². The van der Waals surface area contributed by atoms with Crippen molar-refractivity contribution in [3.63, 3.8) is 0 Å².